The van der Waals surface area contributed by atoms with Gasteiger partial charge in [0.05, 0.1) is 11.8 Å². The van der Waals surface area contributed by atoms with Crippen molar-refractivity contribution < 1.29 is 24.0 Å². The van der Waals surface area contributed by atoms with Gasteiger partial charge in [-0.25, -0.2) is 9.69 Å². The second-order valence-electron chi connectivity index (χ2n) is 9.17. The molecule has 0 unspecified atom stereocenters. The predicted octanol–water partition coefficient (Wildman–Crippen LogP) is 1.31. The molecule has 0 N–H and O–H groups in total. The lowest BCUT2D eigenvalue weighted by molar-refractivity contribution is -0.147. The van der Waals surface area contributed by atoms with Gasteiger partial charge in [0.15, 0.2) is 0 Å². The lowest BCUT2D eigenvalue weighted by Crippen LogP contribution is -2.63. The standard InChI is InChI=1S/C21H25N3O5/c1-4-11-12-7-8-13-14(18(27)22(3)16(13)25)15(12)21(2)19(28)23(9-10-5-6-10)20(29)24(21)17(11)26/h10,13-15H,4-9H2,1-3H3/t13-,14-,15+,21+/m1/s1. The quantitative estimate of drug-likeness (QED) is 0.527. The Morgan fingerprint density at radius 2 is 1.72 bits per heavy atom. The maximum atomic E-state index is 13.6. The Hall–Kier alpha value is -2.51. The van der Waals surface area contributed by atoms with Crippen molar-refractivity contribution >= 4 is 29.7 Å². The van der Waals surface area contributed by atoms with Crippen LogP contribution in [0.25, 0.3) is 0 Å². The molecule has 2 aliphatic carbocycles. The number of likely N-dealkylation sites (tertiary alicyclic amines) is 1. The highest BCUT2D eigenvalue weighted by atomic mass is 16.2. The van der Waals surface area contributed by atoms with Crippen molar-refractivity contribution in [3.8, 4) is 0 Å². The van der Waals surface area contributed by atoms with Crippen LogP contribution < -0.4 is 0 Å². The van der Waals surface area contributed by atoms with E-state index in [1.165, 1.54) is 11.9 Å². The first-order valence-corrected chi connectivity index (χ1v) is 10.5. The number of carbonyl (C=O) groups excluding carboxylic acids is 5. The molecule has 29 heavy (non-hydrogen) atoms. The predicted molar refractivity (Wildman–Crippen MR) is 99.9 cm³/mol. The molecule has 2 saturated heterocycles. The third-order valence-electron chi connectivity index (χ3n) is 7.67. The number of nitrogens with zero attached hydrogens (tertiary/aromatic N) is 3. The molecule has 0 aromatic heterocycles. The van der Waals surface area contributed by atoms with Crippen LogP contribution in [0.2, 0.25) is 0 Å². The van der Waals surface area contributed by atoms with Crippen molar-refractivity contribution in [2.75, 3.05) is 13.6 Å². The fraction of sp³-hybridized carbons (Fsp3) is 0.667. The third kappa shape index (κ3) is 2.12. The van der Waals surface area contributed by atoms with Crippen LogP contribution in [0.4, 0.5) is 4.79 Å². The summed E-state index contributed by atoms with van der Waals surface area (Å²) in [4.78, 5) is 69.2. The number of urea groups is 1. The normalized spacial score (nSPS) is 36.9. The number of rotatable bonds is 3. The Bertz CT molecular complexity index is 919. The van der Waals surface area contributed by atoms with E-state index in [9.17, 15) is 24.0 Å². The third-order valence-corrected chi connectivity index (χ3v) is 7.67. The fourth-order valence-corrected chi connectivity index (χ4v) is 6.01. The molecule has 3 heterocycles. The van der Waals surface area contributed by atoms with E-state index in [1.807, 2.05) is 6.92 Å². The van der Waals surface area contributed by atoms with Crippen LogP contribution in [0, 0.1) is 23.7 Å². The van der Waals surface area contributed by atoms with Crippen LogP contribution in [0.1, 0.15) is 46.0 Å². The number of amides is 6. The molecule has 0 bridgehead atoms. The van der Waals surface area contributed by atoms with E-state index in [-0.39, 0.29) is 11.8 Å². The molecule has 6 amide bonds. The van der Waals surface area contributed by atoms with Gasteiger partial charge in [-0.2, -0.15) is 0 Å². The van der Waals surface area contributed by atoms with E-state index in [1.54, 1.807) is 6.92 Å². The monoisotopic (exact) mass is 399 g/mol. The topological polar surface area (TPSA) is 95.1 Å². The Morgan fingerprint density at radius 1 is 1.03 bits per heavy atom. The first-order chi connectivity index (χ1) is 13.7. The van der Waals surface area contributed by atoms with Gasteiger partial charge in [-0.05, 0) is 44.9 Å². The van der Waals surface area contributed by atoms with Gasteiger partial charge in [0.2, 0.25) is 11.8 Å². The van der Waals surface area contributed by atoms with Gasteiger partial charge < -0.3 is 0 Å². The van der Waals surface area contributed by atoms with Gasteiger partial charge in [0.25, 0.3) is 11.8 Å². The second-order valence-corrected chi connectivity index (χ2v) is 9.17. The first-order valence-electron chi connectivity index (χ1n) is 10.5. The van der Waals surface area contributed by atoms with Crippen molar-refractivity contribution in [3.63, 3.8) is 0 Å². The van der Waals surface area contributed by atoms with Gasteiger partial charge in [-0.3, -0.25) is 29.0 Å². The Balaban J connectivity index is 1.68. The second kappa shape index (κ2) is 5.77. The van der Waals surface area contributed by atoms with Crippen molar-refractivity contribution in [3.05, 3.63) is 11.1 Å². The van der Waals surface area contributed by atoms with Crippen LogP contribution in [-0.4, -0.2) is 63.5 Å². The lowest BCUT2D eigenvalue weighted by Gasteiger charge is -2.48. The summed E-state index contributed by atoms with van der Waals surface area (Å²) in [5, 5.41) is 0. The summed E-state index contributed by atoms with van der Waals surface area (Å²) in [6, 6.07) is -0.577. The maximum absolute atomic E-state index is 13.6. The van der Waals surface area contributed by atoms with Gasteiger partial charge >= 0.3 is 6.03 Å². The molecule has 4 fully saturated rings. The van der Waals surface area contributed by atoms with E-state index in [2.05, 4.69) is 0 Å². The van der Waals surface area contributed by atoms with Gasteiger partial charge in [-0.15, -0.1) is 0 Å². The summed E-state index contributed by atoms with van der Waals surface area (Å²) in [6.07, 6.45) is 3.36. The van der Waals surface area contributed by atoms with E-state index in [4.69, 9.17) is 0 Å². The highest BCUT2D eigenvalue weighted by molar-refractivity contribution is 6.19. The van der Waals surface area contributed by atoms with E-state index in [0.717, 1.165) is 28.2 Å². The van der Waals surface area contributed by atoms with Gasteiger partial charge in [-0.1, -0.05) is 12.5 Å². The molecule has 5 aliphatic rings. The molecule has 2 saturated carbocycles. The van der Waals surface area contributed by atoms with E-state index >= 15 is 0 Å². The molecule has 5 rings (SSSR count). The lowest BCUT2D eigenvalue weighted by atomic mass is 9.59. The first kappa shape index (κ1) is 18.5. The number of imide groups is 3. The largest absolute Gasteiger partial charge is 0.334 e. The summed E-state index contributed by atoms with van der Waals surface area (Å²) >= 11 is 0. The zero-order valence-electron chi connectivity index (χ0n) is 16.9. The Kier molecular flexibility index (Phi) is 3.68. The highest BCUT2D eigenvalue weighted by Gasteiger charge is 2.69. The van der Waals surface area contributed by atoms with Crippen molar-refractivity contribution in [2.45, 2.75) is 51.5 Å². The molecule has 3 aliphatic heterocycles. The van der Waals surface area contributed by atoms with Crippen molar-refractivity contribution in [1.29, 1.82) is 0 Å². The average Bonchev–Trinajstić information content (AvgIpc) is 3.46. The SMILES string of the molecule is CCC1=C2CC[C@H]3C(=O)N(C)C(=O)[C@H]3[C@H]2[C@@]2(C)C(=O)N(CC3CC3)C(=O)N2C1=O. The zero-order valence-corrected chi connectivity index (χ0v) is 16.9. The molecule has 0 radical (unpaired) electrons. The molecule has 4 atom stereocenters. The summed E-state index contributed by atoms with van der Waals surface area (Å²) in [7, 11) is 1.47. The number of carbonyl (C=O) groups is 5. The number of fused-ring (bicyclic) bond motifs is 5. The molecule has 8 nitrogen and oxygen atoms in total. The van der Waals surface area contributed by atoms with Crippen LogP contribution in [0.3, 0.4) is 0 Å². The summed E-state index contributed by atoms with van der Waals surface area (Å²) in [5.41, 5.74) is -0.125. The molecule has 0 spiro atoms. The molecule has 0 aromatic rings. The van der Waals surface area contributed by atoms with E-state index in [0.29, 0.717) is 37.3 Å². The van der Waals surface area contributed by atoms with Gasteiger partial charge in [0, 0.05) is 25.1 Å². The summed E-state index contributed by atoms with van der Waals surface area (Å²) < 4.78 is 0. The fourth-order valence-electron chi connectivity index (χ4n) is 6.01. The van der Waals surface area contributed by atoms with Gasteiger partial charge in [0.1, 0.15) is 5.54 Å². The highest BCUT2D eigenvalue weighted by Crippen LogP contribution is 2.56. The zero-order chi connectivity index (χ0) is 20.8. The molecule has 8 heteroatoms. The molecular formula is C21H25N3O5. The average molecular weight is 399 g/mol. The van der Waals surface area contributed by atoms with Crippen LogP contribution in [0.5, 0.6) is 0 Å². The maximum Gasteiger partial charge on any atom is 0.334 e. The van der Waals surface area contributed by atoms with Crippen LogP contribution in [0.15, 0.2) is 11.1 Å². The molecular weight excluding hydrogens is 374 g/mol. The summed E-state index contributed by atoms with van der Waals surface area (Å²) in [5.74, 6) is -2.89. The minimum Gasteiger partial charge on any atom is -0.285 e. The van der Waals surface area contributed by atoms with E-state index < -0.39 is 41.1 Å². The Morgan fingerprint density at radius 3 is 2.34 bits per heavy atom. The van der Waals surface area contributed by atoms with Crippen molar-refractivity contribution in [2.24, 2.45) is 23.7 Å². The minimum atomic E-state index is -1.44. The Labute approximate surface area is 168 Å². The molecule has 154 valence electrons. The van der Waals surface area contributed by atoms with Crippen LogP contribution in [-0.2, 0) is 19.2 Å². The minimum absolute atomic E-state index is 0.226. The van der Waals surface area contributed by atoms with Crippen LogP contribution >= 0.6 is 0 Å². The number of hydrogen-bond donors (Lipinski definition) is 0. The number of hydrogen-bond acceptors (Lipinski definition) is 5. The molecule has 0 aromatic carbocycles. The van der Waals surface area contributed by atoms with Crippen molar-refractivity contribution in [1.82, 2.24) is 14.7 Å². The summed E-state index contributed by atoms with van der Waals surface area (Å²) in [6.45, 7) is 3.79. The smallest absolute Gasteiger partial charge is 0.285 e.